The molecule has 1 aromatic rings. The van der Waals surface area contributed by atoms with Crippen molar-refractivity contribution in [2.75, 3.05) is 13.1 Å². The molecule has 7 heteroatoms. The number of imidazole rings is 1. The minimum atomic E-state index is -3.56. The van der Waals surface area contributed by atoms with Gasteiger partial charge < -0.3 is 9.67 Å². The van der Waals surface area contributed by atoms with Gasteiger partial charge in [-0.2, -0.15) is 4.31 Å². The van der Waals surface area contributed by atoms with Crippen LogP contribution in [0.15, 0.2) is 11.2 Å². The average Bonchev–Trinajstić information content (AvgIpc) is 2.82. The zero-order valence-corrected chi connectivity index (χ0v) is 13.8. The number of aliphatic hydroxyl groups excluding tert-OH is 1. The highest BCUT2D eigenvalue weighted by molar-refractivity contribution is 7.89. The van der Waals surface area contributed by atoms with E-state index in [1.807, 2.05) is 25.3 Å². The van der Waals surface area contributed by atoms with Crippen LogP contribution in [0.25, 0.3) is 0 Å². The third-order valence-corrected chi connectivity index (χ3v) is 5.94. The second kappa shape index (κ2) is 6.46. The molecule has 0 bridgehead atoms. The van der Waals surface area contributed by atoms with Crippen LogP contribution in [0.1, 0.15) is 38.9 Å². The lowest BCUT2D eigenvalue weighted by atomic mass is 9.94. The van der Waals surface area contributed by atoms with Crippen molar-refractivity contribution >= 4 is 10.0 Å². The molecule has 0 radical (unpaired) electrons. The minimum Gasteiger partial charge on any atom is -0.393 e. The fourth-order valence-electron chi connectivity index (χ4n) is 2.81. The van der Waals surface area contributed by atoms with E-state index in [0.717, 1.165) is 25.2 Å². The predicted molar refractivity (Wildman–Crippen MR) is 80.4 cm³/mol. The van der Waals surface area contributed by atoms with Crippen LogP contribution in [-0.2, 0) is 16.6 Å². The normalized spacial score (nSPS) is 24.4. The molecule has 2 heterocycles. The van der Waals surface area contributed by atoms with E-state index in [1.54, 1.807) is 6.20 Å². The number of aromatic nitrogens is 2. The predicted octanol–water partition coefficient (Wildman–Crippen LogP) is 1.38. The fourth-order valence-corrected chi connectivity index (χ4v) is 4.32. The molecule has 21 heavy (non-hydrogen) atoms. The number of aliphatic hydroxyl groups is 1. The highest BCUT2D eigenvalue weighted by Gasteiger charge is 2.35. The van der Waals surface area contributed by atoms with Crippen LogP contribution in [0.5, 0.6) is 0 Å². The Bertz CT molecular complexity index is 582. The van der Waals surface area contributed by atoms with Crippen molar-refractivity contribution in [2.45, 2.75) is 57.7 Å². The summed E-state index contributed by atoms with van der Waals surface area (Å²) >= 11 is 0. The molecule has 0 spiro atoms. The Morgan fingerprint density at radius 3 is 2.76 bits per heavy atom. The Labute approximate surface area is 126 Å². The summed E-state index contributed by atoms with van der Waals surface area (Å²) in [7, 11) is -3.56. The molecule has 0 saturated carbocycles. The number of sulfonamides is 1. The standard InChI is InChI=1S/C14H25N3O3S/c1-4-7-16-10-14(15-11(16)3)21(19,20)17-8-6-13(18)12(5-2)9-17/h10,12-13,18H,4-9H2,1-3H3. The lowest BCUT2D eigenvalue weighted by molar-refractivity contribution is 0.0520. The van der Waals surface area contributed by atoms with Crippen molar-refractivity contribution in [3.63, 3.8) is 0 Å². The first-order valence-electron chi connectivity index (χ1n) is 7.62. The fraction of sp³-hybridized carbons (Fsp3) is 0.786. The highest BCUT2D eigenvalue weighted by Crippen LogP contribution is 2.25. The molecule has 0 aliphatic carbocycles. The molecule has 1 aliphatic heterocycles. The summed E-state index contributed by atoms with van der Waals surface area (Å²) in [4.78, 5) is 4.22. The van der Waals surface area contributed by atoms with Gasteiger partial charge in [0.05, 0.1) is 6.10 Å². The van der Waals surface area contributed by atoms with Gasteiger partial charge in [0.1, 0.15) is 5.82 Å². The van der Waals surface area contributed by atoms with Crippen LogP contribution in [0, 0.1) is 12.8 Å². The summed E-state index contributed by atoms with van der Waals surface area (Å²) in [6.45, 7) is 7.35. The molecule has 0 aromatic carbocycles. The monoisotopic (exact) mass is 315 g/mol. The summed E-state index contributed by atoms with van der Waals surface area (Å²) in [5.74, 6) is 0.729. The Morgan fingerprint density at radius 1 is 1.43 bits per heavy atom. The lowest BCUT2D eigenvalue weighted by Gasteiger charge is -2.34. The maximum atomic E-state index is 12.7. The molecule has 1 fully saturated rings. The van der Waals surface area contributed by atoms with Gasteiger partial charge in [0.2, 0.25) is 0 Å². The summed E-state index contributed by atoms with van der Waals surface area (Å²) in [5, 5.41) is 10.0. The van der Waals surface area contributed by atoms with Crippen LogP contribution in [0.3, 0.4) is 0 Å². The Kier molecular flexibility index (Phi) is 5.06. The summed E-state index contributed by atoms with van der Waals surface area (Å²) < 4.78 is 28.7. The molecule has 2 atom stereocenters. The average molecular weight is 315 g/mol. The summed E-state index contributed by atoms with van der Waals surface area (Å²) in [5.41, 5.74) is 0. The first kappa shape index (κ1) is 16.5. The first-order valence-corrected chi connectivity index (χ1v) is 9.06. The van der Waals surface area contributed by atoms with Crippen molar-refractivity contribution in [2.24, 2.45) is 5.92 Å². The number of piperidine rings is 1. The molecule has 1 N–H and O–H groups in total. The molecule has 1 saturated heterocycles. The zero-order chi connectivity index (χ0) is 15.6. The molecular weight excluding hydrogens is 290 g/mol. The van der Waals surface area contributed by atoms with Gasteiger partial charge in [-0.1, -0.05) is 13.8 Å². The molecule has 0 amide bonds. The topological polar surface area (TPSA) is 75.4 Å². The van der Waals surface area contributed by atoms with Gasteiger partial charge in [-0.15, -0.1) is 0 Å². The van der Waals surface area contributed by atoms with Crippen LogP contribution in [0.4, 0.5) is 0 Å². The van der Waals surface area contributed by atoms with Gasteiger partial charge in [0.15, 0.2) is 5.03 Å². The number of aryl methyl sites for hydroxylation is 2. The second-order valence-corrected chi connectivity index (χ2v) is 7.59. The molecule has 2 rings (SSSR count). The van der Waals surface area contributed by atoms with E-state index in [9.17, 15) is 13.5 Å². The number of hydrogen-bond acceptors (Lipinski definition) is 4. The van der Waals surface area contributed by atoms with Crippen molar-refractivity contribution in [1.82, 2.24) is 13.9 Å². The number of rotatable bonds is 5. The van der Waals surface area contributed by atoms with E-state index >= 15 is 0 Å². The van der Waals surface area contributed by atoms with Crippen LogP contribution in [0.2, 0.25) is 0 Å². The molecular formula is C14H25N3O3S. The molecule has 120 valence electrons. The van der Waals surface area contributed by atoms with Gasteiger partial charge in [0, 0.05) is 25.8 Å². The highest BCUT2D eigenvalue weighted by atomic mass is 32.2. The van der Waals surface area contributed by atoms with Gasteiger partial charge in [-0.05, 0) is 32.1 Å². The van der Waals surface area contributed by atoms with Crippen molar-refractivity contribution in [3.05, 3.63) is 12.0 Å². The SMILES string of the molecule is CCCn1cc(S(=O)(=O)N2CCC(O)C(CC)C2)nc1C. The van der Waals surface area contributed by atoms with Gasteiger partial charge in [0.25, 0.3) is 10.0 Å². The Morgan fingerprint density at radius 2 is 2.14 bits per heavy atom. The summed E-state index contributed by atoms with van der Waals surface area (Å²) in [6.07, 6.45) is 3.42. The third-order valence-electron chi connectivity index (χ3n) is 4.20. The van der Waals surface area contributed by atoms with E-state index in [2.05, 4.69) is 4.98 Å². The van der Waals surface area contributed by atoms with E-state index in [-0.39, 0.29) is 10.9 Å². The lowest BCUT2D eigenvalue weighted by Crippen LogP contribution is -2.45. The van der Waals surface area contributed by atoms with E-state index < -0.39 is 16.1 Å². The number of nitrogens with zero attached hydrogens (tertiary/aromatic N) is 3. The minimum absolute atomic E-state index is 0.00681. The maximum Gasteiger partial charge on any atom is 0.262 e. The number of hydrogen-bond donors (Lipinski definition) is 1. The summed E-state index contributed by atoms with van der Waals surface area (Å²) in [6, 6.07) is 0. The maximum absolute atomic E-state index is 12.7. The van der Waals surface area contributed by atoms with Crippen molar-refractivity contribution in [1.29, 1.82) is 0 Å². The Hall–Kier alpha value is -0.920. The van der Waals surface area contributed by atoms with Crippen LogP contribution in [-0.4, -0.2) is 46.6 Å². The van der Waals surface area contributed by atoms with E-state index in [1.165, 1.54) is 4.31 Å². The van der Waals surface area contributed by atoms with Crippen LogP contribution < -0.4 is 0 Å². The molecule has 1 aliphatic rings. The van der Waals surface area contributed by atoms with Crippen LogP contribution >= 0.6 is 0 Å². The largest absolute Gasteiger partial charge is 0.393 e. The van der Waals surface area contributed by atoms with E-state index in [0.29, 0.717) is 19.5 Å². The second-order valence-electron chi connectivity index (χ2n) is 5.71. The van der Waals surface area contributed by atoms with Crippen molar-refractivity contribution < 1.29 is 13.5 Å². The van der Waals surface area contributed by atoms with Gasteiger partial charge in [-0.25, -0.2) is 13.4 Å². The van der Waals surface area contributed by atoms with E-state index in [4.69, 9.17) is 0 Å². The molecule has 1 aromatic heterocycles. The quantitative estimate of drug-likeness (QED) is 0.891. The van der Waals surface area contributed by atoms with Gasteiger partial charge >= 0.3 is 0 Å². The Balaban J connectivity index is 2.23. The van der Waals surface area contributed by atoms with Crippen molar-refractivity contribution in [3.8, 4) is 0 Å². The smallest absolute Gasteiger partial charge is 0.262 e. The molecule has 6 nitrogen and oxygen atoms in total. The first-order chi connectivity index (χ1) is 9.90. The molecule has 2 unspecified atom stereocenters. The third kappa shape index (κ3) is 3.30. The zero-order valence-electron chi connectivity index (χ0n) is 13.0. The van der Waals surface area contributed by atoms with Gasteiger partial charge in [-0.3, -0.25) is 0 Å².